The Kier molecular flexibility index (Phi) is 6.38. The molecule has 0 amide bonds. The van der Waals surface area contributed by atoms with Gasteiger partial charge in [-0.05, 0) is 20.0 Å². The monoisotopic (exact) mass is 280 g/mol. The van der Waals surface area contributed by atoms with Gasteiger partial charge in [0.25, 0.3) is 0 Å². The van der Waals surface area contributed by atoms with E-state index in [0.717, 1.165) is 25.5 Å². The van der Waals surface area contributed by atoms with Crippen molar-refractivity contribution in [2.75, 3.05) is 45.7 Å². The Morgan fingerprint density at radius 1 is 1.25 bits per heavy atom. The van der Waals surface area contributed by atoms with Crippen LogP contribution >= 0.6 is 0 Å². The number of likely N-dealkylation sites (N-methyl/N-ethyl adjacent to an activating group) is 1. The molecule has 1 aromatic heterocycles. The number of esters is 1. The molecular weight excluding hydrogens is 256 g/mol. The minimum Gasteiger partial charge on any atom is -0.464 e. The summed E-state index contributed by atoms with van der Waals surface area (Å²) < 4.78 is 4.62. The number of carbonyl (C=O) groups is 1. The predicted octanol–water partition coefficient (Wildman–Crippen LogP) is 1.29. The molecule has 0 atom stereocenters. The maximum Gasteiger partial charge on any atom is 0.358 e. The lowest BCUT2D eigenvalue weighted by atomic mass is 10.2. The second-order valence-electron chi connectivity index (χ2n) is 5.39. The van der Waals surface area contributed by atoms with Crippen molar-refractivity contribution in [3.63, 3.8) is 0 Å². The van der Waals surface area contributed by atoms with Crippen molar-refractivity contribution in [1.82, 2.24) is 14.9 Å². The van der Waals surface area contributed by atoms with Crippen molar-refractivity contribution in [3.05, 3.63) is 18.1 Å². The molecule has 0 spiro atoms. The Labute approximate surface area is 120 Å². The number of rotatable bonds is 7. The summed E-state index contributed by atoms with van der Waals surface area (Å²) in [5, 5.41) is 0. The van der Waals surface area contributed by atoms with E-state index < -0.39 is 5.97 Å². The van der Waals surface area contributed by atoms with Gasteiger partial charge in [-0.3, -0.25) is 0 Å². The first-order chi connectivity index (χ1) is 9.43. The lowest BCUT2D eigenvalue weighted by Gasteiger charge is -2.26. The molecule has 0 N–H and O–H groups in total. The maximum atomic E-state index is 11.3. The average Bonchev–Trinajstić information content (AvgIpc) is 2.42. The maximum absolute atomic E-state index is 11.3. The van der Waals surface area contributed by atoms with Crippen LogP contribution in [0.1, 0.15) is 24.3 Å². The van der Waals surface area contributed by atoms with Crippen LogP contribution in [0.15, 0.2) is 12.4 Å². The molecule has 0 fully saturated rings. The van der Waals surface area contributed by atoms with Crippen LogP contribution in [-0.2, 0) is 4.74 Å². The number of hydrogen-bond acceptors (Lipinski definition) is 6. The number of hydrogen-bond donors (Lipinski definition) is 0. The molecule has 6 nitrogen and oxygen atoms in total. The van der Waals surface area contributed by atoms with E-state index in [4.69, 9.17) is 0 Å². The highest BCUT2D eigenvalue weighted by atomic mass is 16.5. The van der Waals surface area contributed by atoms with E-state index in [0.29, 0.717) is 5.92 Å². The van der Waals surface area contributed by atoms with E-state index in [1.54, 1.807) is 6.20 Å². The minimum absolute atomic E-state index is 0.230. The molecule has 0 saturated carbocycles. The fourth-order valence-electron chi connectivity index (χ4n) is 1.76. The molecule has 1 aromatic rings. The van der Waals surface area contributed by atoms with E-state index in [2.05, 4.69) is 38.4 Å². The summed E-state index contributed by atoms with van der Waals surface area (Å²) in [4.78, 5) is 24.1. The smallest absolute Gasteiger partial charge is 0.358 e. The summed E-state index contributed by atoms with van der Waals surface area (Å²) in [6.45, 7) is 7.04. The number of ether oxygens (including phenoxy) is 1. The van der Waals surface area contributed by atoms with Crippen LogP contribution < -0.4 is 4.90 Å². The second-order valence-corrected chi connectivity index (χ2v) is 5.39. The Morgan fingerprint density at radius 3 is 2.40 bits per heavy atom. The van der Waals surface area contributed by atoms with Gasteiger partial charge in [0.15, 0.2) is 5.69 Å². The van der Waals surface area contributed by atoms with Crippen molar-refractivity contribution in [2.24, 2.45) is 5.92 Å². The van der Waals surface area contributed by atoms with Crippen LogP contribution in [0.2, 0.25) is 0 Å². The first kappa shape index (κ1) is 16.4. The first-order valence-electron chi connectivity index (χ1n) is 6.74. The molecule has 0 bridgehead atoms. The molecular formula is C14H24N4O2. The molecule has 1 rings (SSSR count). The van der Waals surface area contributed by atoms with Crippen LogP contribution in [0.3, 0.4) is 0 Å². The van der Waals surface area contributed by atoms with Crippen molar-refractivity contribution in [2.45, 2.75) is 13.8 Å². The Morgan fingerprint density at radius 2 is 1.95 bits per heavy atom. The summed E-state index contributed by atoms with van der Waals surface area (Å²) >= 11 is 0. The van der Waals surface area contributed by atoms with Crippen molar-refractivity contribution >= 4 is 11.8 Å². The van der Waals surface area contributed by atoms with Gasteiger partial charge >= 0.3 is 5.97 Å². The summed E-state index contributed by atoms with van der Waals surface area (Å²) in [7, 11) is 5.42. The normalized spacial score (nSPS) is 10.9. The highest BCUT2D eigenvalue weighted by molar-refractivity contribution is 5.86. The van der Waals surface area contributed by atoms with Gasteiger partial charge in [-0.2, -0.15) is 0 Å². The number of nitrogens with zero attached hydrogens (tertiary/aromatic N) is 4. The van der Waals surface area contributed by atoms with E-state index >= 15 is 0 Å². The SMILES string of the molecule is COC(=O)c1cnc(N(CCN(C)C)CC(C)C)cn1. The van der Waals surface area contributed by atoms with Crippen LogP contribution in [0.4, 0.5) is 5.82 Å². The highest BCUT2D eigenvalue weighted by Gasteiger charge is 2.13. The highest BCUT2D eigenvalue weighted by Crippen LogP contribution is 2.11. The van der Waals surface area contributed by atoms with Gasteiger partial charge in [-0.25, -0.2) is 14.8 Å². The average molecular weight is 280 g/mol. The third-order valence-corrected chi connectivity index (χ3v) is 2.76. The van der Waals surface area contributed by atoms with Gasteiger partial charge in [0.2, 0.25) is 0 Å². The largest absolute Gasteiger partial charge is 0.464 e. The van der Waals surface area contributed by atoms with Crippen molar-refractivity contribution < 1.29 is 9.53 Å². The zero-order valence-corrected chi connectivity index (χ0v) is 13.0. The molecule has 0 aromatic carbocycles. The van der Waals surface area contributed by atoms with E-state index in [1.807, 2.05) is 14.1 Å². The standard InChI is InChI=1S/C14H24N4O2/c1-11(2)10-18(7-6-17(3)4)13-9-15-12(8-16-13)14(19)20-5/h8-9,11H,6-7,10H2,1-5H3. The molecule has 0 aliphatic carbocycles. The second kappa shape index (κ2) is 7.79. The van der Waals surface area contributed by atoms with Crippen LogP contribution in [0, 0.1) is 5.92 Å². The fraction of sp³-hybridized carbons (Fsp3) is 0.643. The van der Waals surface area contributed by atoms with Crippen LogP contribution in [-0.4, -0.2) is 61.7 Å². The molecule has 0 saturated heterocycles. The van der Waals surface area contributed by atoms with Gasteiger partial charge in [-0.15, -0.1) is 0 Å². The topological polar surface area (TPSA) is 58.6 Å². The summed E-state index contributed by atoms with van der Waals surface area (Å²) in [5.74, 6) is 0.847. The quantitative estimate of drug-likeness (QED) is 0.701. The molecule has 1 heterocycles. The van der Waals surface area contributed by atoms with Gasteiger partial charge < -0.3 is 14.5 Å². The third kappa shape index (κ3) is 5.13. The van der Waals surface area contributed by atoms with Crippen molar-refractivity contribution in [1.29, 1.82) is 0 Å². The zero-order chi connectivity index (χ0) is 15.1. The molecule has 112 valence electrons. The summed E-state index contributed by atoms with van der Waals surface area (Å²) in [6.07, 6.45) is 3.09. The molecule has 0 aliphatic rings. The zero-order valence-electron chi connectivity index (χ0n) is 13.0. The predicted molar refractivity (Wildman–Crippen MR) is 79.0 cm³/mol. The number of carbonyl (C=O) groups excluding carboxylic acids is 1. The number of methoxy groups -OCH3 is 1. The lowest BCUT2D eigenvalue weighted by molar-refractivity contribution is 0.0593. The number of anilines is 1. The summed E-state index contributed by atoms with van der Waals surface area (Å²) in [6, 6.07) is 0. The van der Waals surface area contributed by atoms with Gasteiger partial charge in [-0.1, -0.05) is 13.8 Å². The lowest BCUT2D eigenvalue weighted by Crippen LogP contribution is -2.35. The molecule has 6 heteroatoms. The minimum atomic E-state index is -0.465. The van der Waals surface area contributed by atoms with Gasteiger partial charge in [0.05, 0.1) is 19.5 Å². The Balaban J connectivity index is 2.81. The van der Waals surface area contributed by atoms with Crippen molar-refractivity contribution in [3.8, 4) is 0 Å². The summed E-state index contributed by atoms with van der Waals surface area (Å²) in [5.41, 5.74) is 0.230. The molecule has 0 aliphatic heterocycles. The molecule has 0 unspecified atom stereocenters. The van der Waals surface area contributed by atoms with E-state index in [9.17, 15) is 4.79 Å². The van der Waals surface area contributed by atoms with Crippen LogP contribution in [0.25, 0.3) is 0 Å². The number of aromatic nitrogens is 2. The van der Waals surface area contributed by atoms with Gasteiger partial charge in [0, 0.05) is 19.6 Å². The Bertz CT molecular complexity index is 418. The van der Waals surface area contributed by atoms with E-state index in [-0.39, 0.29) is 5.69 Å². The molecule has 0 radical (unpaired) electrons. The Hall–Kier alpha value is -1.69. The first-order valence-corrected chi connectivity index (χ1v) is 6.74. The van der Waals surface area contributed by atoms with Gasteiger partial charge in [0.1, 0.15) is 5.82 Å². The third-order valence-electron chi connectivity index (χ3n) is 2.76. The fourth-order valence-corrected chi connectivity index (χ4v) is 1.76. The van der Waals surface area contributed by atoms with E-state index in [1.165, 1.54) is 13.3 Å². The van der Waals surface area contributed by atoms with Crippen LogP contribution in [0.5, 0.6) is 0 Å². The molecule has 20 heavy (non-hydrogen) atoms.